The lowest BCUT2D eigenvalue weighted by Gasteiger charge is -2.26. The molecular weight excluding hydrogens is 270 g/mol. The summed E-state index contributed by atoms with van der Waals surface area (Å²) in [5.41, 5.74) is 0.730. The zero-order valence-electron chi connectivity index (χ0n) is 9.37. The fourth-order valence-corrected chi connectivity index (χ4v) is 2.39. The van der Waals surface area contributed by atoms with Crippen LogP contribution in [0.1, 0.15) is 30.3 Å². The van der Waals surface area contributed by atoms with Gasteiger partial charge in [0.2, 0.25) is 0 Å². The third kappa shape index (κ3) is 2.35. The summed E-state index contributed by atoms with van der Waals surface area (Å²) >= 11 is 3.40. The third-order valence-electron chi connectivity index (χ3n) is 2.83. The highest BCUT2D eigenvalue weighted by molar-refractivity contribution is 9.10. The summed E-state index contributed by atoms with van der Waals surface area (Å²) in [6.45, 7) is 4.81. The van der Waals surface area contributed by atoms with E-state index in [9.17, 15) is 4.79 Å². The predicted molar refractivity (Wildman–Crippen MR) is 65.5 cm³/mol. The minimum absolute atomic E-state index is 0.198. The number of hydrogen-bond acceptors (Lipinski definition) is 3. The van der Waals surface area contributed by atoms with Gasteiger partial charge in [0.05, 0.1) is 10.7 Å². The van der Waals surface area contributed by atoms with Crippen LogP contribution >= 0.6 is 15.9 Å². The fourth-order valence-electron chi connectivity index (χ4n) is 1.87. The molecule has 0 aromatic carbocycles. The van der Waals surface area contributed by atoms with Crippen molar-refractivity contribution in [1.82, 2.24) is 15.1 Å². The molecule has 1 aromatic heterocycles. The van der Waals surface area contributed by atoms with Crippen LogP contribution in [0.15, 0.2) is 10.7 Å². The number of hydrogen-bond donors (Lipinski definition) is 1. The van der Waals surface area contributed by atoms with E-state index in [0.717, 1.165) is 36.2 Å². The fraction of sp³-hybridized carbons (Fsp3) is 0.636. The molecule has 2 rings (SSSR count). The van der Waals surface area contributed by atoms with Crippen molar-refractivity contribution < 1.29 is 4.79 Å². The standard InChI is InChI=1S/C11H16BrN3O/c1-2-3-15-11(9(12)7-14-15)10(16)4-8-5-13-6-8/h7-8,13H,2-6H2,1H3. The maximum atomic E-state index is 12.1. The highest BCUT2D eigenvalue weighted by Crippen LogP contribution is 2.21. The van der Waals surface area contributed by atoms with E-state index in [0.29, 0.717) is 12.3 Å². The van der Waals surface area contributed by atoms with E-state index in [4.69, 9.17) is 0 Å². The number of carbonyl (C=O) groups excluding carboxylic acids is 1. The van der Waals surface area contributed by atoms with Gasteiger partial charge in [-0.2, -0.15) is 5.10 Å². The highest BCUT2D eigenvalue weighted by Gasteiger charge is 2.24. The molecule has 1 aliphatic rings. The van der Waals surface area contributed by atoms with Crippen molar-refractivity contribution >= 4 is 21.7 Å². The van der Waals surface area contributed by atoms with Gasteiger partial charge >= 0.3 is 0 Å². The van der Waals surface area contributed by atoms with Gasteiger partial charge in [-0.15, -0.1) is 0 Å². The number of aryl methyl sites for hydroxylation is 1. The molecule has 5 heteroatoms. The first-order chi connectivity index (χ1) is 7.72. The van der Waals surface area contributed by atoms with Gasteiger partial charge in [-0.3, -0.25) is 9.48 Å². The molecule has 0 spiro atoms. The van der Waals surface area contributed by atoms with E-state index in [-0.39, 0.29) is 5.78 Å². The molecule has 4 nitrogen and oxygen atoms in total. The van der Waals surface area contributed by atoms with E-state index in [1.54, 1.807) is 10.9 Å². The first-order valence-corrected chi connectivity index (χ1v) is 6.47. The van der Waals surface area contributed by atoms with Crippen molar-refractivity contribution in [3.8, 4) is 0 Å². The zero-order chi connectivity index (χ0) is 11.5. The van der Waals surface area contributed by atoms with Crippen molar-refractivity contribution in [3.63, 3.8) is 0 Å². The van der Waals surface area contributed by atoms with Crippen molar-refractivity contribution in [1.29, 1.82) is 0 Å². The van der Waals surface area contributed by atoms with Gasteiger partial charge in [0.25, 0.3) is 0 Å². The van der Waals surface area contributed by atoms with E-state index < -0.39 is 0 Å². The van der Waals surface area contributed by atoms with Crippen molar-refractivity contribution in [3.05, 3.63) is 16.4 Å². The first-order valence-electron chi connectivity index (χ1n) is 5.67. The van der Waals surface area contributed by atoms with Crippen LogP contribution in [0.25, 0.3) is 0 Å². The van der Waals surface area contributed by atoms with E-state index in [1.165, 1.54) is 0 Å². The number of aromatic nitrogens is 2. The summed E-state index contributed by atoms with van der Waals surface area (Å²) < 4.78 is 2.62. The molecule has 0 radical (unpaired) electrons. The van der Waals surface area contributed by atoms with Crippen LogP contribution in [0.5, 0.6) is 0 Å². The van der Waals surface area contributed by atoms with E-state index in [1.807, 2.05) is 0 Å². The summed E-state index contributed by atoms with van der Waals surface area (Å²) in [5.74, 6) is 0.703. The van der Waals surface area contributed by atoms with Crippen LogP contribution in [0.2, 0.25) is 0 Å². The summed E-state index contributed by atoms with van der Waals surface area (Å²) in [5, 5.41) is 7.39. The third-order valence-corrected chi connectivity index (χ3v) is 3.41. The number of Topliss-reactive ketones (excluding diaryl/α,β-unsaturated/α-hetero) is 1. The first kappa shape index (κ1) is 11.8. The zero-order valence-corrected chi connectivity index (χ0v) is 11.0. The van der Waals surface area contributed by atoms with E-state index in [2.05, 4.69) is 33.3 Å². The van der Waals surface area contributed by atoms with Crippen LogP contribution < -0.4 is 5.32 Å². The number of ketones is 1. The average molecular weight is 286 g/mol. The van der Waals surface area contributed by atoms with E-state index >= 15 is 0 Å². The summed E-state index contributed by atoms with van der Waals surface area (Å²) in [4.78, 5) is 12.1. The molecule has 1 saturated heterocycles. The Hall–Kier alpha value is -0.680. The quantitative estimate of drug-likeness (QED) is 0.840. The smallest absolute Gasteiger partial charge is 0.182 e. The second-order valence-corrected chi connectivity index (χ2v) is 5.07. The lowest BCUT2D eigenvalue weighted by molar-refractivity contribution is 0.0934. The Morgan fingerprint density at radius 3 is 3.00 bits per heavy atom. The Kier molecular flexibility index (Phi) is 3.76. The maximum Gasteiger partial charge on any atom is 0.182 e. The largest absolute Gasteiger partial charge is 0.316 e. The summed E-state index contributed by atoms with van der Waals surface area (Å²) in [6.07, 6.45) is 3.32. The Balaban J connectivity index is 2.10. The summed E-state index contributed by atoms with van der Waals surface area (Å²) in [7, 11) is 0. The van der Waals surface area contributed by atoms with Gasteiger partial charge < -0.3 is 5.32 Å². The molecular formula is C11H16BrN3O. The Bertz CT molecular complexity index is 385. The molecule has 16 heavy (non-hydrogen) atoms. The molecule has 1 aliphatic heterocycles. The second-order valence-electron chi connectivity index (χ2n) is 4.22. The molecule has 1 fully saturated rings. The van der Waals surface area contributed by atoms with Gasteiger partial charge in [-0.25, -0.2) is 0 Å². The van der Waals surface area contributed by atoms with Crippen molar-refractivity contribution in [2.24, 2.45) is 5.92 Å². The lowest BCUT2D eigenvalue weighted by Crippen LogP contribution is -2.43. The van der Waals surface area contributed by atoms with Gasteiger partial charge in [0.1, 0.15) is 5.69 Å². The molecule has 0 bridgehead atoms. The SMILES string of the molecule is CCCn1ncc(Br)c1C(=O)CC1CNC1. The number of rotatable bonds is 5. The van der Waals surface area contributed by atoms with Crippen LogP contribution in [0, 0.1) is 5.92 Å². The Morgan fingerprint density at radius 2 is 2.44 bits per heavy atom. The van der Waals surface area contributed by atoms with Crippen LogP contribution in [-0.2, 0) is 6.54 Å². The topological polar surface area (TPSA) is 46.9 Å². The monoisotopic (exact) mass is 285 g/mol. The van der Waals surface area contributed by atoms with Crippen molar-refractivity contribution in [2.45, 2.75) is 26.3 Å². The van der Waals surface area contributed by atoms with Gasteiger partial charge in [-0.1, -0.05) is 6.92 Å². The van der Waals surface area contributed by atoms with Gasteiger partial charge in [-0.05, 0) is 41.4 Å². The molecule has 1 N–H and O–H groups in total. The molecule has 2 heterocycles. The Labute approximate surface area is 104 Å². The molecule has 1 aromatic rings. The molecule has 0 atom stereocenters. The van der Waals surface area contributed by atoms with Gasteiger partial charge in [0.15, 0.2) is 5.78 Å². The molecule has 0 amide bonds. The number of nitrogens with one attached hydrogen (secondary N) is 1. The average Bonchev–Trinajstić information content (AvgIpc) is 2.54. The lowest BCUT2D eigenvalue weighted by atomic mass is 9.95. The van der Waals surface area contributed by atoms with Gasteiger partial charge in [0, 0.05) is 13.0 Å². The minimum Gasteiger partial charge on any atom is -0.316 e. The highest BCUT2D eigenvalue weighted by atomic mass is 79.9. The second kappa shape index (κ2) is 5.10. The number of carbonyl (C=O) groups is 1. The molecule has 88 valence electrons. The van der Waals surface area contributed by atoms with Crippen LogP contribution in [-0.4, -0.2) is 28.7 Å². The molecule has 0 saturated carbocycles. The Morgan fingerprint density at radius 1 is 1.69 bits per heavy atom. The summed E-state index contributed by atoms with van der Waals surface area (Å²) in [6, 6.07) is 0. The van der Waals surface area contributed by atoms with Crippen molar-refractivity contribution in [2.75, 3.05) is 13.1 Å². The predicted octanol–water partition coefficient (Wildman–Crippen LogP) is 1.85. The number of nitrogens with zero attached hydrogens (tertiary/aromatic N) is 2. The van der Waals surface area contributed by atoms with Crippen LogP contribution in [0.4, 0.5) is 0 Å². The normalized spacial score (nSPS) is 16.1. The molecule has 0 unspecified atom stereocenters. The minimum atomic E-state index is 0.198. The molecule has 0 aliphatic carbocycles. The maximum absolute atomic E-state index is 12.1. The number of halogens is 1. The van der Waals surface area contributed by atoms with Crippen LogP contribution in [0.3, 0.4) is 0 Å².